The summed E-state index contributed by atoms with van der Waals surface area (Å²) in [5.74, 6) is -0.926. The van der Waals surface area contributed by atoms with Crippen molar-refractivity contribution in [3.05, 3.63) is 36.0 Å². The lowest BCUT2D eigenvalue weighted by Gasteiger charge is -2.31. The van der Waals surface area contributed by atoms with Crippen LogP contribution in [0.5, 0.6) is 0 Å². The fourth-order valence-electron chi connectivity index (χ4n) is 3.49. The van der Waals surface area contributed by atoms with E-state index >= 15 is 0 Å². The van der Waals surface area contributed by atoms with Crippen molar-refractivity contribution >= 4 is 11.9 Å². The van der Waals surface area contributed by atoms with Crippen molar-refractivity contribution in [2.24, 2.45) is 5.92 Å². The van der Waals surface area contributed by atoms with Gasteiger partial charge in [-0.1, -0.05) is 32.6 Å². The molecule has 2 rings (SSSR count). The largest absolute Gasteiger partial charge is 0.458 e. The molecule has 1 heterocycles. The number of hydrogen-bond acceptors (Lipinski definition) is 6. The second-order valence-electron chi connectivity index (χ2n) is 8.47. The van der Waals surface area contributed by atoms with Crippen LogP contribution in [-0.2, 0) is 19.1 Å². The van der Waals surface area contributed by atoms with Crippen LogP contribution in [0, 0.1) is 5.92 Å². The molecule has 0 amide bonds. The van der Waals surface area contributed by atoms with Crippen molar-refractivity contribution in [3.8, 4) is 0 Å². The maximum absolute atomic E-state index is 12.2. The minimum atomic E-state index is -1.18. The fourth-order valence-corrected chi connectivity index (χ4v) is 3.49. The molecule has 1 aliphatic heterocycles. The van der Waals surface area contributed by atoms with Gasteiger partial charge in [0.2, 0.25) is 0 Å². The Morgan fingerprint density at radius 3 is 2.61 bits per heavy atom. The van der Waals surface area contributed by atoms with E-state index in [1.807, 2.05) is 13.8 Å². The Bertz CT molecular complexity index is 687. The quantitative estimate of drug-likeness (QED) is 0.554. The Morgan fingerprint density at radius 1 is 1.32 bits per heavy atom. The summed E-state index contributed by atoms with van der Waals surface area (Å²) < 4.78 is 10.8. The van der Waals surface area contributed by atoms with Crippen LogP contribution in [-0.4, -0.2) is 45.6 Å². The molecular formula is C22H32O6. The average Bonchev–Trinajstić information content (AvgIpc) is 2.93. The van der Waals surface area contributed by atoms with Crippen LogP contribution >= 0.6 is 0 Å². The summed E-state index contributed by atoms with van der Waals surface area (Å²) >= 11 is 0. The number of esters is 2. The molecule has 0 spiro atoms. The average molecular weight is 392 g/mol. The minimum Gasteiger partial charge on any atom is -0.458 e. The van der Waals surface area contributed by atoms with Crippen LogP contribution < -0.4 is 0 Å². The highest BCUT2D eigenvalue weighted by Gasteiger charge is 2.34. The van der Waals surface area contributed by atoms with Gasteiger partial charge in [0.25, 0.3) is 0 Å². The lowest BCUT2D eigenvalue weighted by molar-refractivity contribution is -0.146. The van der Waals surface area contributed by atoms with Crippen LogP contribution in [0.25, 0.3) is 0 Å². The highest BCUT2D eigenvalue weighted by atomic mass is 16.6. The molecule has 2 bridgehead atoms. The van der Waals surface area contributed by atoms with Gasteiger partial charge in [-0.25, -0.2) is 4.79 Å². The first kappa shape index (κ1) is 22.4. The van der Waals surface area contributed by atoms with Crippen molar-refractivity contribution in [3.63, 3.8) is 0 Å². The molecule has 0 unspecified atom stereocenters. The number of hydrogen-bond donors (Lipinski definition) is 2. The fraction of sp³-hybridized carbons (Fsp3) is 0.636. The number of aliphatic hydroxyl groups is 2. The number of carbonyl (C=O) groups excluding carboxylic acids is 2. The lowest BCUT2D eigenvalue weighted by Crippen LogP contribution is -2.34. The topological polar surface area (TPSA) is 93.1 Å². The van der Waals surface area contributed by atoms with E-state index in [0.29, 0.717) is 43.3 Å². The summed E-state index contributed by atoms with van der Waals surface area (Å²) in [4.78, 5) is 23.7. The van der Waals surface area contributed by atoms with Crippen LogP contribution in [0.15, 0.2) is 36.0 Å². The first-order valence-electron chi connectivity index (χ1n) is 9.83. The van der Waals surface area contributed by atoms with E-state index in [-0.39, 0.29) is 5.92 Å². The monoisotopic (exact) mass is 392 g/mol. The molecule has 0 aromatic heterocycles. The summed E-state index contributed by atoms with van der Waals surface area (Å²) in [6, 6.07) is 0. The Morgan fingerprint density at radius 2 is 2.00 bits per heavy atom. The first-order valence-corrected chi connectivity index (χ1v) is 9.83. The van der Waals surface area contributed by atoms with Gasteiger partial charge in [0.05, 0.1) is 11.2 Å². The number of fused-ring (bicyclic) bond motifs is 1. The SMILES string of the molecule is C=C1C[C@@H]2C=C(CC[C@](O)(C(C)C)/C=C\[C@@](C)(O)CC[C@H]1OC(C)=O)C(=O)O2. The Balaban J connectivity index is 2.35. The predicted octanol–water partition coefficient (Wildman–Crippen LogP) is 2.98. The van der Waals surface area contributed by atoms with E-state index in [2.05, 4.69) is 6.58 Å². The molecule has 6 heteroatoms. The normalized spacial score (nSPS) is 35.8. The van der Waals surface area contributed by atoms with E-state index in [1.165, 1.54) is 6.92 Å². The Kier molecular flexibility index (Phi) is 6.88. The summed E-state index contributed by atoms with van der Waals surface area (Å²) in [5.41, 5.74) is -1.18. The molecule has 0 aromatic carbocycles. The third-order valence-electron chi connectivity index (χ3n) is 5.57. The molecule has 28 heavy (non-hydrogen) atoms. The van der Waals surface area contributed by atoms with Gasteiger partial charge < -0.3 is 19.7 Å². The Labute approximate surface area is 166 Å². The summed E-state index contributed by atoms with van der Waals surface area (Å²) in [6.45, 7) is 10.8. The standard InChI is InChI=1S/C22H32O6/c1-14(2)22(26)9-6-17-13-18(28-20(17)24)12-15(3)19(27-16(4)23)7-8-21(5,25)10-11-22/h10-11,13-14,18-19,25-26H,3,6-9,12H2,1-2,4-5H3/b11-10-/t18-,19-,21+,22-/m1/s1. The number of rotatable bonds is 2. The van der Waals surface area contributed by atoms with E-state index in [1.54, 1.807) is 25.2 Å². The number of carbonyl (C=O) groups is 2. The van der Waals surface area contributed by atoms with Crippen molar-refractivity contribution in [1.29, 1.82) is 0 Å². The molecule has 0 radical (unpaired) electrons. The molecule has 0 saturated heterocycles. The summed E-state index contributed by atoms with van der Waals surface area (Å²) in [6.07, 6.45) is 5.70. The second kappa shape index (κ2) is 8.62. The zero-order valence-corrected chi connectivity index (χ0v) is 17.2. The highest BCUT2D eigenvalue weighted by Crippen LogP contribution is 2.32. The molecule has 156 valence electrons. The van der Waals surface area contributed by atoms with Gasteiger partial charge in [-0.3, -0.25) is 4.79 Å². The van der Waals surface area contributed by atoms with Gasteiger partial charge in [-0.2, -0.15) is 0 Å². The molecular weight excluding hydrogens is 360 g/mol. The van der Waals surface area contributed by atoms with Gasteiger partial charge in [-0.05, 0) is 50.2 Å². The van der Waals surface area contributed by atoms with Crippen LogP contribution in [0.4, 0.5) is 0 Å². The van der Waals surface area contributed by atoms with Crippen molar-refractivity contribution in [2.75, 3.05) is 0 Å². The maximum atomic E-state index is 12.2. The number of ether oxygens (including phenoxy) is 2. The molecule has 1 aliphatic carbocycles. The zero-order valence-electron chi connectivity index (χ0n) is 17.2. The highest BCUT2D eigenvalue weighted by molar-refractivity contribution is 5.90. The van der Waals surface area contributed by atoms with Gasteiger partial charge in [0.15, 0.2) is 0 Å². The van der Waals surface area contributed by atoms with Gasteiger partial charge in [0, 0.05) is 18.9 Å². The summed E-state index contributed by atoms with van der Waals surface area (Å²) in [5, 5.41) is 21.8. The minimum absolute atomic E-state index is 0.102. The molecule has 6 nitrogen and oxygen atoms in total. The van der Waals surface area contributed by atoms with Crippen LogP contribution in [0.3, 0.4) is 0 Å². The lowest BCUT2D eigenvalue weighted by atomic mass is 9.82. The zero-order chi connectivity index (χ0) is 21.1. The van der Waals surface area contributed by atoms with Crippen molar-refractivity contribution < 1.29 is 29.3 Å². The summed E-state index contributed by atoms with van der Waals surface area (Å²) in [7, 11) is 0. The Hall–Kier alpha value is -1.92. The van der Waals surface area contributed by atoms with E-state index < -0.39 is 35.3 Å². The van der Waals surface area contributed by atoms with Crippen molar-refractivity contribution in [1.82, 2.24) is 0 Å². The smallest absolute Gasteiger partial charge is 0.334 e. The van der Waals surface area contributed by atoms with Crippen LogP contribution in [0.2, 0.25) is 0 Å². The van der Waals surface area contributed by atoms with E-state index in [4.69, 9.17) is 9.47 Å². The van der Waals surface area contributed by atoms with Gasteiger partial charge >= 0.3 is 11.9 Å². The molecule has 4 atom stereocenters. The molecule has 0 fully saturated rings. The van der Waals surface area contributed by atoms with Crippen LogP contribution in [0.1, 0.15) is 59.8 Å². The molecule has 2 aliphatic rings. The maximum Gasteiger partial charge on any atom is 0.334 e. The molecule has 0 saturated carbocycles. The van der Waals surface area contributed by atoms with Gasteiger partial charge in [0.1, 0.15) is 12.2 Å². The third kappa shape index (κ3) is 5.79. The van der Waals surface area contributed by atoms with E-state index in [9.17, 15) is 19.8 Å². The van der Waals surface area contributed by atoms with E-state index in [0.717, 1.165) is 0 Å². The van der Waals surface area contributed by atoms with Gasteiger partial charge in [-0.15, -0.1) is 0 Å². The first-order chi connectivity index (χ1) is 12.9. The molecule has 2 N–H and O–H groups in total. The predicted molar refractivity (Wildman–Crippen MR) is 105 cm³/mol. The third-order valence-corrected chi connectivity index (χ3v) is 5.57. The molecule has 0 aromatic rings. The second-order valence-corrected chi connectivity index (χ2v) is 8.47. The van der Waals surface area contributed by atoms with Crippen molar-refractivity contribution in [2.45, 2.75) is 83.2 Å².